The van der Waals surface area contributed by atoms with Crippen molar-refractivity contribution >= 4 is 15.6 Å². The molecule has 0 spiro atoms. The Hall–Kier alpha value is -1.46. The minimum absolute atomic E-state index is 0.0455. The van der Waals surface area contributed by atoms with Crippen LogP contribution in [0.5, 0.6) is 0 Å². The Kier molecular flexibility index (Phi) is 5.44. The van der Waals surface area contributed by atoms with Gasteiger partial charge < -0.3 is 5.11 Å². The Bertz CT molecular complexity index is 558. The molecule has 0 bridgehead atoms. The largest absolute Gasteiger partial charge is 0.388 e. The highest BCUT2D eigenvalue weighted by Gasteiger charge is 2.14. The molecule has 1 atom stereocenters. The second-order valence-electron chi connectivity index (χ2n) is 4.55. The first kappa shape index (κ1) is 15.6. The van der Waals surface area contributed by atoms with Crippen molar-refractivity contribution in [1.82, 2.24) is 0 Å². The number of hydrogen-bond donors (Lipinski definition) is 1. The van der Waals surface area contributed by atoms with E-state index in [1.165, 1.54) is 6.08 Å². The van der Waals surface area contributed by atoms with Gasteiger partial charge in [0.05, 0.1) is 11.9 Å². The summed E-state index contributed by atoms with van der Waals surface area (Å²) in [6.45, 7) is 1.62. The molecule has 1 rings (SSSR count). The summed E-state index contributed by atoms with van der Waals surface area (Å²) in [5, 5.41) is 9.86. The molecule has 0 unspecified atom stereocenters. The zero-order chi connectivity index (χ0) is 14.5. The van der Waals surface area contributed by atoms with Gasteiger partial charge in [0.2, 0.25) is 0 Å². The normalized spacial score (nSPS) is 14.2. The lowest BCUT2D eigenvalue weighted by atomic mass is 10.0. The molecule has 0 saturated carbocycles. The van der Waals surface area contributed by atoms with Crippen LogP contribution in [0.15, 0.2) is 42.0 Å². The van der Waals surface area contributed by atoms with Crippen LogP contribution in [0, 0.1) is 0 Å². The Morgan fingerprint density at radius 2 is 1.89 bits per heavy atom. The molecule has 0 aliphatic rings. The maximum absolute atomic E-state index is 11.9. The molecular weight excluding hydrogens is 264 g/mol. The predicted octanol–water partition coefficient (Wildman–Crippen LogP) is 1.61. The molecule has 0 saturated heterocycles. The van der Waals surface area contributed by atoms with Crippen LogP contribution >= 0.6 is 0 Å². The number of rotatable bonds is 6. The Labute approximate surface area is 113 Å². The van der Waals surface area contributed by atoms with E-state index < -0.39 is 15.9 Å². The number of aliphatic hydroxyl groups is 1. The molecule has 4 nitrogen and oxygen atoms in total. The minimum atomic E-state index is -3.11. The fraction of sp³-hybridized carbons (Fsp3) is 0.357. The molecule has 0 fully saturated rings. The Morgan fingerprint density at radius 1 is 1.32 bits per heavy atom. The predicted molar refractivity (Wildman–Crippen MR) is 74.9 cm³/mol. The van der Waals surface area contributed by atoms with E-state index in [-0.39, 0.29) is 18.0 Å². The highest BCUT2D eigenvalue weighted by molar-refractivity contribution is 7.90. The van der Waals surface area contributed by atoms with Crippen molar-refractivity contribution in [1.29, 1.82) is 0 Å². The van der Waals surface area contributed by atoms with Crippen molar-refractivity contribution in [3.05, 3.63) is 47.5 Å². The molecule has 104 valence electrons. The molecule has 0 aliphatic carbocycles. The molecule has 0 heterocycles. The van der Waals surface area contributed by atoms with Gasteiger partial charge in [-0.2, -0.15) is 0 Å². The van der Waals surface area contributed by atoms with Crippen LogP contribution in [0.3, 0.4) is 0 Å². The average molecular weight is 282 g/mol. The molecule has 19 heavy (non-hydrogen) atoms. The molecule has 0 aromatic heterocycles. The third-order valence-electron chi connectivity index (χ3n) is 2.71. The summed E-state index contributed by atoms with van der Waals surface area (Å²) in [4.78, 5) is 11.9. The van der Waals surface area contributed by atoms with Gasteiger partial charge in [0, 0.05) is 18.2 Å². The third kappa shape index (κ3) is 5.81. The van der Waals surface area contributed by atoms with Crippen LogP contribution in [0.25, 0.3) is 0 Å². The number of hydrogen-bond acceptors (Lipinski definition) is 4. The third-order valence-corrected chi connectivity index (χ3v) is 3.48. The van der Waals surface area contributed by atoms with Crippen LogP contribution < -0.4 is 0 Å². The number of carbonyl (C=O) groups is 1. The molecule has 1 aromatic carbocycles. The van der Waals surface area contributed by atoms with Crippen LogP contribution in [0.2, 0.25) is 0 Å². The first-order valence-corrected chi connectivity index (χ1v) is 7.96. The van der Waals surface area contributed by atoms with Crippen LogP contribution in [0.4, 0.5) is 0 Å². The quantitative estimate of drug-likeness (QED) is 0.635. The smallest absolute Gasteiger partial charge is 0.165 e. The van der Waals surface area contributed by atoms with E-state index in [0.717, 1.165) is 6.26 Å². The average Bonchev–Trinajstić information content (AvgIpc) is 2.36. The Balaban J connectivity index is 2.65. The van der Waals surface area contributed by atoms with Crippen LogP contribution in [-0.4, -0.2) is 37.4 Å². The zero-order valence-electron chi connectivity index (χ0n) is 11.0. The van der Waals surface area contributed by atoms with E-state index in [1.807, 2.05) is 6.07 Å². The van der Waals surface area contributed by atoms with Gasteiger partial charge in [-0.25, -0.2) is 8.42 Å². The van der Waals surface area contributed by atoms with Crippen molar-refractivity contribution in [2.75, 3.05) is 12.0 Å². The highest BCUT2D eigenvalue weighted by Crippen LogP contribution is 2.11. The van der Waals surface area contributed by atoms with Gasteiger partial charge in [-0.1, -0.05) is 36.4 Å². The lowest BCUT2D eigenvalue weighted by Crippen LogP contribution is -2.15. The fourth-order valence-electron chi connectivity index (χ4n) is 1.50. The van der Waals surface area contributed by atoms with Gasteiger partial charge in [-0.15, -0.1) is 0 Å². The van der Waals surface area contributed by atoms with E-state index in [9.17, 15) is 18.3 Å². The number of Topliss-reactive ketones (excluding diaryl/α,β-unsaturated/α-hetero) is 1. The van der Waals surface area contributed by atoms with Crippen molar-refractivity contribution in [2.24, 2.45) is 0 Å². The van der Waals surface area contributed by atoms with E-state index in [0.29, 0.717) is 11.1 Å². The second kappa shape index (κ2) is 6.63. The summed E-state index contributed by atoms with van der Waals surface area (Å²) in [7, 11) is -3.11. The van der Waals surface area contributed by atoms with Crippen molar-refractivity contribution in [3.8, 4) is 0 Å². The molecular formula is C14H18O4S. The minimum Gasteiger partial charge on any atom is -0.388 e. The first-order chi connectivity index (χ1) is 8.79. The number of aliphatic hydroxyl groups excluding tert-OH is 1. The number of ketones is 1. The van der Waals surface area contributed by atoms with Gasteiger partial charge in [0.15, 0.2) is 15.6 Å². The Morgan fingerprint density at radius 3 is 2.42 bits per heavy atom. The fourth-order valence-corrected chi connectivity index (χ4v) is 2.06. The highest BCUT2D eigenvalue weighted by atomic mass is 32.2. The van der Waals surface area contributed by atoms with Crippen LogP contribution in [-0.2, 0) is 9.84 Å². The lowest BCUT2D eigenvalue weighted by Gasteiger charge is -2.10. The van der Waals surface area contributed by atoms with Crippen molar-refractivity contribution in [2.45, 2.75) is 19.4 Å². The van der Waals surface area contributed by atoms with Gasteiger partial charge in [-0.3, -0.25) is 4.79 Å². The van der Waals surface area contributed by atoms with E-state index >= 15 is 0 Å². The summed E-state index contributed by atoms with van der Waals surface area (Å²) in [6.07, 6.45) is 1.57. The molecule has 0 amide bonds. The van der Waals surface area contributed by atoms with Crippen LogP contribution in [0.1, 0.15) is 23.7 Å². The standard InChI is InChI=1S/C14H18O4S/c1-11(8-9-19(2,17)18)13(15)10-14(16)12-6-4-3-5-7-12/h3-8,13,15H,9-10H2,1-2H3/b11-8-/t13-/m0/s1. The molecule has 0 radical (unpaired) electrons. The molecule has 1 aromatic rings. The summed E-state index contributed by atoms with van der Waals surface area (Å²) in [5.74, 6) is -0.296. The maximum Gasteiger partial charge on any atom is 0.165 e. The SMILES string of the molecule is C/C(=C/CS(C)(=O)=O)[C@@H](O)CC(=O)c1ccccc1. The molecule has 5 heteroatoms. The second-order valence-corrected chi connectivity index (χ2v) is 6.73. The number of benzene rings is 1. The topological polar surface area (TPSA) is 71.4 Å². The van der Waals surface area contributed by atoms with E-state index in [1.54, 1.807) is 31.2 Å². The van der Waals surface area contributed by atoms with Gasteiger partial charge in [0.1, 0.15) is 0 Å². The lowest BCUT2D eigenvalue weighted by molar-refractivity contribution is 0.0914. The summed E-state index contributed by atoms with van der Waals surface area (Å²) in [5.41, 5.74) is 1.03. The van der Waals surface area contributed by atoms with Gasteiger partial charge in [-0.05, 0) is 12.5 Å². The number of carbonyl (C=O) groups excluding carboxylic acids is 1. The van der Waals surface area contributed by atoms with E-state index in [2.05, 4.69) is 0 Å². The summed E-state index contributed by atoms with van der Waals surface area (Å²) in [6, 6.07) is 8.69. The van der Waals surface area contributed by atoms with E-state index in [4.69, 9.17) is 0 Å². The van der Waals surface area contributed by atoms with Crippen molar-refractivity contribution < 1.29 is 18.3 Å². The monoisotopic (exact) mass is 282 g/mol. The number of sulfone groups is 1. The maximum atomic E-state index is 11.9. The first-order valence-electron chi connectivity index (χ1n) is 5.90. The zero-order valence-corrected chi connectivity index (χ0v) is 11.9. The molecule has 0 aliphatic heterocycles. The van der Waals surface area contributed by atoms with Gasteiger partial charge in [0.25, 0.3) is 0 Å². The molecule has 1 N–H and O–H groups in total. The van der Waals surface area contributed by atoms with Crippen molar-refractivity contribution in [3.63, 3.8) is 0 Å². The summed E-state index contributed by atoms with van der Waals surface area (Å²) >= 11 is 0. The summed E-state index contributed by atoms with van der Waals surface area (Å²) < 4.78 is 22.0. The van der Waals surface area contributed by atoms with Gasteiger partial charge >= 0.3 is 0 Å².